The number of nitrogens with zero attached hydrogens (tertiary/aromatic N) is 4. The second kappa shape index (κ2) is 5.51. The average Bonchev–Trinajstić information content (AvgIpc) is 3.04. The van der Waals surface area contributed by atoms with Crippen molar-refractivity contribution in [2.45, 2.75) is 38.0 Å². The Morgan fingerprint density at radius 3 is 3.00 bits per heavy atom. The standard InChI is InChI=1S/C17H23N5O/c1-11-6-16(20-19-11)12-4-3-5-22(10-12)17(23)15-7-14(15)13-8-18-21(2)9-13/h6,8-9,12,14-15H,3-5,7,10H2,1-2H3,(H,19,20)/t12-,14-,15-/m1/s1. The van der Waals surface area contributed by atoms with E-state index >= 15 is 0 Å². The summed E-state index contributed by atoms with van der Waals surface area (Å²) in [6, 6.07) is 2.11. The molecule has 122 valence electrons. The number of likely N-dealkylation sites (tertiary alicyclic amines) is 1. The lowest BCUT2D eigenvalue weighted by Gasteiger charge is -2.32. The fraction of sp³-hybridized carbons (Fsp3) is 0.588. The topological polar surface area (TPSA) is 66.8 Å². The average molecular weight is 313 g/mol. The molecule has 0 radical (unpaired) electrons. The molecule has 6 nitrogen and oxygen atoms in total. The molecule has 1 amide bonds. The normalized spacial score (nSPS) is 27.2. The molecule has 6 heteroatoms. The maximum atomic E-state index is 12.8. The van der Waals surface area contributed by atoms with Crippen LogP contribution in [-0.4, -0.2) is 43.9 Å². The molecule has 1 aliphatic heterocycles. The molecule has 2 aliphatic rings. The number of nitrogens with one attached hydrogen (secondary N) is 1. The van der Waals surface area contributed by atoms with Gasteiger partial charge >= 0.3 is 0 Å². The molecule has 0 aromatic carbocycles. The molecule has 0 spiro atoms. The summed E-state index contributed by atoms with van der Waals surface area (Å²) in [6.07, 6.45) is 7.07. The quantitative estimate of drug-likeness (QED) is 0.942. The van der Waals surface area contributed by atoms with E-state index in [9.17, 15) is 4.79 Å². The highest BCUT2D eigenvalue weighted by Gasteiger charge is 2.47. The number of hydrogen-bond acceptors (Lipinski definition) is 3. The van der Waals surface area contributed by atoms with Crippen LogP contribution in [0.25, 0.3) is 0 Å². The lowest BCUT2D eigenvalue weighted by Crippen LogP contribution is -2.40. The van der Waals surface area contributed by atoms with Crippen molar-refractivity contribution >= 4 is 5.91 Å². The van der Waals surface area contributed by atoms with E-state index in [2.05, 4.69) is 26.3 Å². The number of carbonyl (C=O) groups is 1. The van der Waals surface area contributed by atoms with Crippen molar-refractivity contribution in [3.63, 3.8) is 0 Å². The van der Waals surface area contributed by atoms with E-state index in [0.29, 0.717) is 17.7 Å². The number of piperidine rings is 1. The summed E-state index contributed by atoms with van der Waals surface area (Å²) in [5, 5.41) is 11.6. The number of aromatic nitrogens is 4. The van der Waals surface area contributed by atoms with Gasteiger partial charge in [-0.05, 0) is 43.7 Å². The third-order valence-corrected chi connectivity index (χ3v) is 5.14. The van der Waals surface area contributed by atoms with Crippen LogP contribution in [0.2, 0.25) is 0 Å². The Bertz CT molecular complexity index is 718. The highest BCUT2D eigenvalue weighted by molar-refractivity contribution is 5.83. The molecule has 23 heavy (non-hydrogen) atoms. The van der Waals surface area contributed by atoms with Crippen LogP contribution in [0.4, 0.5) is 0 Å². The van der Waals surface area contributed by atoms with Crippen molar-refractivity contribution in [3.05, 3.63) is 35.4 Å². The summed E-state index contributed by atoms with van der Waals surface area (Å²) in [7, 11) is 1.92. The van der Waals surface area contributed by atoms with Crippen LogP contribution < -0.4 is 0 Å². The summed E-state index contributed by atoms with van der Waals surface area (Å²) >= 11 is 0. The molecular formula is C17H23N5O. The molecule has 2 fully saturated rings. The fourth-order valence-electron chi connectivity index (χ4n) is 3.77. The van der Waals surface area contributed by atoms with E-state index < -0.39 is 0 Å². The van der Waals surface area contributed by atoms with E-state index in [1.54, 1.807) is 0 Å². The first kappa shape index (κ1) is 14.5. The Morgan fingerprint density at radius 2 is 2.30 bits per heavy atom. The van der Waals surface area contributed by atoms with Gasteiger partial charge in [-0.15, -0.1) is 0 Å². The Balaban J connectivity index is 1.41. The summed E-state index contributed by atoms with van der Waals surface area (Å²) < 4.78 is 1.81. The maximum absolute atomic E-state index is 12.8. The molecule has 1 aliphatic carbocycles. The summed E-state index contributed by atoms with van der Waals surface area (Å²) in [5.41, 5.74) is 3.38. The van der Waals surface area contributed by atoms with Gasteiger partial charge in [-0.25, -0.2) is 0 Å². The van der Waals surface area contributed by atoms with E-state index in [4.69, 9.17) is 0 Å². The van der Waals surface area contributed by atoms with Gasteiger partial charge in [0, 0.05) is 43.9 Å². The first-order chi connectivity index (χ1) is 11.1. The first-order valence-corrected chi connectivity index (χ1v) is 8.41. The van der Waals surface area contributed by atoms with Gasteiger partial charge in [0.2, 0.25) is 5.91 Å². The minimum absolute atomic E-state index is 0.152. The Morgan fingerprint density at radius 1 is 1.43 bits per heavy atom. The minimum Gasteiger partial charge on any atom is -0.342 e. The van der Waals surface area contributed by atoms with Gasteiger partial charge in [0.15, 0.2) is 0 Å². The van der Waals surface area contributed by atoms with Gasteiger partial charge in [-0.3, -0.25) is 14.6 Å². The van der Waals surface area contributed by atoms with Crippen LogP contribution in [0, 0.1) is 12.8 Å². The first-order valence-electron chi connectivity index (χ1n) is 8.41. The second-order valence-electron chi connectivity index (χ2n) is 7.00. The molecule has 3 heterocycles. The lowest BCUT2D eigenvalue weighted by atomic mass is 9.94. The van der Waals surface area contributed by atoms with Gasteiger partial charge in [-0.2, -0.15) is 10.2 Å². The van der Waals surface area contributed by atoms with Gasteiger partial charge in [0.05, 0.1) is 11.9 Å². The third kappa shape index (κ3) is 2.78. The van der Waals surface area contributed by atoms with Crippen molar-refractivity contribution in [3.8, 4) is 0 Å². The fourth-order valence-corrected chi connectivity index (χ4v) is 3.77. The summed E-state index contributed by atoms with van der Waals surface area (Å²) in [4.78, 5) is 14.9. The molecule has 4 rings (SSSR count). The smallest absolute Gasteiger partial charge is 0.226 e. The van der Waals surface area contributed by atoms with Crippen molar-refractivity contribution in [1.82, 2.24) is 24.9 Å². The molecule has 2 aromatic heterocycles. The van der Waals surface area contributed by atoms with Crippen LogP contribution in [0.3, 0.4) is 0 Å². The highest BCUT2D eigenvalue weighted by Crippen LogP contribution is 2.48. The van der Waals surface area contributed by atoms with Crippen molar-refractivity contribution in [2.75, 3.05) is 13.1 Å². The Hall–Kier alpha value is -2.11. The molecule has 0 bridgehead atoms. The Kier molecular flexibility index (Phi) is 3.47. The molecule has 2 aromatic rings. The maximum Gasteiger partial charge on any atom is 0.226 e. The van der Waals surface area contributed by atoms with Crippen LogP contribution in [0.5, 0.6) is 0 Å². The van der Waals surface area contributed by atoms with Crippen LogP contribution in [-0.2, 0) is 11.8 Å². The third-order valence-electron chi connectivity index (χ3n) is 5.14. The van der Waals surface area contributed by atoms with Crippen LogP contribution in [0.15, 0.2) is 18.5 Å². The largest absolute Gasteiger partial charge is 0.342 e. The molecule has 1 saturated heterocycles. The molecule has 1 N–H and O–H groups in total. The monoisotopic (exact) mass is 313 g/mol. The van der Waals surface area contributed by atoms with Gasteiger partial charge in [-0.1, -0.05) is 0 Å². The van der Waals surface area contributed by atoms with E-state index in [0.717, 1.165) is 43.7 Å². The zero-order chi connectivity index (χ0) is 16.0. The Labute approximate surface area is 135 Å². The predicted octanol–water partition coefficient (Wildman–Crippen LogP) is 1.96. The lowest BCUT2D eigenvalue weighted by molar-refractivity contribution is -0.133. The second-order valence-corrected chi connectivity index (χ2v) is 7.00. The van der Waals surface area contributed by atoms with Gasteiger partial charge in [0.1, 0.15) is 0 Å². The van der Waals surface area contributed by atoms with Crippen molar-refractivity contribution < 1.29 is 4.79 Å². The predicted molar refractivity (Wildman–Crippen MR) is 85.9 cm³/mol. The van der Waals surface area contributed by atoms with Crippen LogP contribution in [0.1, 0.15) is 48.0 Å². The SMILES string of the molecule is Cc1cc([C@@H]2CCCN(C(=O)[C@@H]3C[C@@H]3c3cnn(C)c3)C2)n[nH]1. The summed E-state index contributed by atoms with van der Waals surface area (Å²) in [6.45, 7) is 3.71. The zero-order valence-electron chi connectivity index (χ0n) is 13.7. The highest BCUT2D eigenvalue weighted by atomic mass is 16.2. The minimum atomic E-state index is 0.152. The number of amides is 1. The van der Waals surface area contributed by atoms with Crippen LogP contribution >= 0.6 is 0 Å². The zero-order valence-corrected chi connectivity index (χ0v) is 13.7. The molecule has 0 unspecified atom stereocenters. The van der Waals surface area contributed by atoms with E-state index in [1.165, 1.54) is 5.56 Å². The number of H-pyrrole nitrogens is 1. The van der Waals surface area contributed by atoms with Crippen molar-refractivity contribution in [2.24, 2.45) is 13.0 Å². The number of carbonyl (C=O) groups excluding carboxylic acids is 1. The number of rotatable bonds is 3. The van der Waals surface area contributed by atoms with Gasteiger partial charge < -0.3 is 4.90 Å². The number of aryl methyl sites for hydroxylation is 2. The molecule has 1 saturated carbocycles. The summed E-state index contributed by atoms with van der Waals surface area (Å²) in [5.74, 6) is 1.20. The van der Waals surface area contributed by atoms with E-state index in [-0.39, 0.29) is 5.92 Å². The molecular weight excluding hydrogens is 290 g/mol. The number of aromatic amines is 1. The van der Waals surface area contributed by atoms with E-state index in [1.807, 2.05) is 31.0 Å². The van der Waals surface area contributed by atoms with Crippen molar-refractivity contribution in [1.29, 1.82) is 0 Å². The molecule has 3 atom stereocenters. The number of hydrogen-bond donors (Lipinski definition) is 1. The van der Waals surface area contributed by atoms with Gasteiger partial charge in [0.25, 0.3) is 0 Å².